The highest BCUT2D eigenvalue weighted by atomic mass is 19.1. The molecule has 1 fully saturated rings. The molecule has 2 atom stereocenters. The second kappa shape index (κ2) is 5.34. The Bertz CT molecular complexity index is 477. The highest BCUT2D eigenvalue weighted by Crippen LogP contribution is 2.50. The third-order valence-corrected chi connectivity index (χ3v) is 4.79. The van der Waals surface area contributed by atoms with Gasteiger partial charge in [0.2, 0.25) is 0 Å². The van der Waals surface area contributed by atoms with Crippen molar-refractivity contribution in [1.29, 1.82) is 0 Å². The Kier molecular flexibility index (Phi) is 4.07. The van der Waals surface area contributed by atoms with E-state index in [0.717, 1.165) is 6.42 Å². The molecule has 3 nitrogen and oxygen atoms in total. The van der Waals surface area contributed by atoms with E-state index >= 15 is 0 Å². The van der Waals surface area contributed by atoms with Crippen LogP contribution in [-0.2, 0) is 4.74 Å². The number of nitrogens with zero attached hydrogens (tertiary/aromatic N) is 1. The van der Waals surface area contributed by atoms with Crippen molar-refractivity contribution in [2.75, 3.05) is 25.1 Å². The Morgan fingerprint density at radius 1 is 1.40 bits per heavy atom. The summed E-state index contributed by atoms with van der Waals surface area (Å²) >= 11 is 0. The topological polar surface area (TPSA) is 38.5 Å². The largest absolute Gasteiger partial charge is 0.378 e. The van der Waals surface area contributed by atoms with Crippen molar-refractivity contribution in [2.45, 2.75) is 38.8 Å². The minimum atomic E-state index is -0.357. The molecule has 1 aliphatic rings. The second-order valence-electron chi connectivity index (χ2n) is 6.33. The van der Waals surface area contributed by atoms with E-state index in [1.54, 1.807) is 12.1 Å². The fourth-order valence-corrected chi connectivity index (χ4v) is 3.05. The zero-order chi connectivity index (χ0) is 15.0. The Labute approximate surface area is 120 Å². The lowest BCUT2D eigenvalue weighted by atomic mass is 9.54. The lowest BCUT2D eigenvalue weighted by molar-refractivity contribution is -0.145. The van der Waals surface area contributed by atoms with Gasteiger partial charge in [-0.2, -0.15) is 0 Å². The van der Waals surface area contributed by atoms with Crippen molar-refractivity contribution in [3.63, 3.8) is 0 Å². The number of anilines is 1. The first kappa shape index (κ1) is 15.3. The summed E-state index contributed by atoms with van der Waals surface area (Å²) in [6.45, 7) is 7.58. The van der Waals surface area contributed by atoms with Crippen LogP contribution in [0.25, 0.3) is 0 Å². The van der Waals surface area contributed by atoms with Gasteiger partial charge in [0.1, 0.15) is 5.82 Å². The molecule has 2 N–H and O–H groups in total. The summed E-state index contributed by atoms with van der Waals surface area (Å²) in [6.07, 6.45) is 0.999. The van der Waals surface area contributed by atoms with E-state index in [2.05, 4.69) is 13.8 Å². The maximum atomic E-state index is 13.8. The predicted octanol–water partition coefficient (Wildman–Crippen LogP) is 2.79. The molecule has 20 heavy (non-hydrogen) atoms. The molecule has 0 aliphatic heterocycles. The predicted molar refractivity (Wildman–Crippen MR) is 80.4 cm³/mol. The molecule has 1 aromatic carbocycles. The zero-order valence-electron chi connectivity index (χ0n) is 12.8. The number of benzene rings is 1. The van der Waals surface area contributed by atoms with Crippen LogP contribution in [0.4, 0.5) is 10.1 Å². The van der Waals surface area contributed by atoms with Gasteiger partial charge in [-0.3, -0.25) is 0 Å². The van der Waals surface area contributed by atoms with Crippen molar-refractivity contribution in [2.24, 2.45) is 11.1 Å². The minimum Gasteiger partial charge on any atom is -0.378 e. The fourth-order valence-electron chi connectivity index (χ4n) is 3.05. The van der Waals surface area contributed by atoms with Crippen LogP contribution in [0.15, 0.2) is 24.3 Å². The molecule has 1 aromatic rings. The van der Waals surface area contributed by atoms with Crippen molar-refractivity contribution in [3.05, 3.63) is 30.1 Å². The van der Waals surface area contributed by atoms with Gasteiger partial charge in [0.25, 0.3) is 0 Å². The highest BCUT2D eigenvalue weighted by molar-refractivity contribution is 5.47. The van der Waals surface area contributed by atoms with Crippen LogP contribution in [0.2, 0.25) is 0 Å². The summed E-state index contributed by atoms with van der Waals surface area (Å²) in [7, 11) is 1.89. The number of hydrogen-bond donors (Lipinski definition) is 1. The van der Waals surface area contributed by atoms with Gasteiger partial charge in [-0.05, 0) is 25.5 Å². The molecule has 0 spiro atoms. The molecule has 2 unspecified atom stereocenters. The Morgan fingerprint density at radius 3 is 2.60 bits per heavy atom. The van der Waals surface area contributed by atoms with Crippen LogP contribution < -0.4 is 10.6 Å². The number of halogens is 1. The number of para-hydroxylation sites is 1. The van der Waals surface area contributed by atoms with Gasteiger partial charge >= 0.3 is 0 Å². The highest BCUT2D eigenvalue weighted by Gasteiger charge is 2.58. The van der Waals surface area contributed by atoms with Gasteiger partial charge in [-0.15, -0.1) is 0 Å². The van der Waals surface area contributed by atoms with Crippen molar-refractivity contribution in [1.82, 2.24) is 0 Å². The SMILES string of the molecule is CCOC1CC(N)(CN(C)c2ccccc2F)C1(C)C. The molecule has 4 heteroatoms. The van der Waals surface area contributed by atoms with Crippen LogP contribution >= 0.6 is 0 Å². The van der Waals surface area contributed by atoms with Crippen LogP contribution in [0, 0.1) is 11.2 Å². The van der Waals surface area contributed by atoms with E-state index in [9.17, 15) is 4.39 Å². The summed E-state index contributed by atoms with van der Waals surface area (Å²) in [5.41, 5.74) is 6.67. The number of hydrogen-bond acceptors (Lipinski definition) is 3. The van der Waals surface area contributed by atoms with E-state index < -0.39 is 0 Å². The van der Waals surface area contributed by atoms with E-state index in [0.29, 0.717) is 18.8 Å². The molecule has 112 valence electrons. The minimum absolute atomic E-state index is 0.109. The maximum Gasteiger partial charge on any atom is 0.146 e. The number of ether oxygens (including phenoxy) is 1. The number of likely N-dealkylation sites (N-methyl/N-ethyl adjacent to an activating group) is 1. The second-order valence-corrected chi connectivity index (χ2v) is 6.33. The molecule has 0 bridgehead atoms. The van der Waals surface area contributed by atoms with Crippen molar-refractivity contribution in [3.8, 4) is 0 Å². The van der Waals surface area contributed by atoms with Gasteiger partial charge in [0.05, 0.1) is 11.8 Å². The molecule has 0 heterocycles. The fraction of sp³-hybridized carbons (Fsp3) is 0.625. The van der Waals surface area contributed by atoms with Gasteiger partial charge in [0.15, 0.2) is 0 Å². The van der Waals surface area contributed by atoms with E-state index in [1.165, 1.54) is 6.07 Å². The molecule has 0 amide bonds. The summed E-state index contributed by atoms with van der Waals surface area (Å²) in [4.78, 5) is 1.90. The number of rotatable bonds is 5. The molecule has 0 radical (unpaired) electrons. The van der Waals surface area contributed by atoms with E-state index in [-0.39, 0.29) is 22.9 Å². The summed E-state index contributed by atoms with van der Waals surface area (Å²) in [5, 5.41) is 0. The average molecular weight is 280 g/mol. The van der Waals surface area contributed by atoms with E-state index in [4.69, 9.17) is 10.5 Å². The Balaban J connectivity index is 2.09. The van der Waals surface area contributed by atoms with E-state index in [1.807, 2.05) is 24.9 Å². The van der Waals surface area contributed by atoms with Crippen LogP contribution in [-0.4, -0.2) is 31.8 Å². The molecular weight excluding hydrogens is 255 g/mol. The quantitative estimate of drug-likeness (QED) is 0.901. The Morgan fingerprint density at radius 2 is 2.05 bits per heavy atom. The lowest BCUT2D eigenvalue weighted by Gasteiger charge is -2.60. The smallest absolute Gasteiger partial charge is 0.146 e. The van der Waals surface area contributed by atoms with Gasteiger partial charge in [-0.1, -0.05) is 26.0 Å². The van der Waals surface area contributed by atoms with Crippen molar-refractivity contribution < 1.29 is 9.13 Å². The zero-order valence-corrected chi connectivity index (χ0v) is 12.8. The summed E-state index contributed by atoms with van der Waals surface area (Å²) in [6, 6.07) is 6.80. The summed E-state index contributed by atoms with van der Waals surface area (Å²) < 4.78 is 19.5. The van der Waals surface area contributed by atoms with Gasteiger partial charge < -0.3 is 15.4 Å². The molecule has 0 aromatic heterocycles. The molecule has 1 aliphatic carbocycles. The third-order valence-electron chi connectivity index (χ3n) is 4.79. The monoisotopic (exact) mass is 280 g/mol. The first-order valence-electron chi connectivity index (χ1n) is 7.18. The molecular formula is C16H25FN2O. The van der Waals surface area contributed by atoms with Gasteiger partial charge in [0, 0.05) is 31.2 Å². The van der Waals surface area contributed by atoms with Gasteiger partial charge in [-0.25, -0.2) is 4.39 Å². The van der Waals surface area contributed by atoms with Crippen LogP contribution in [0.5, 0.6) is 0 Å². The maximum absolute atomic E-state index is 13.8. The average Bonchev–Trinajstić information content (AvgIpc) is 2.38. The summed E-state index contributed by atoms with van der Waals surface area (Å²) in [5.74, 6) is -0.211. The van der Waals surface area contributed by atoms with Crippen LogP contribution in [0.1, 0.15) is 27.2 Å². The third kappa shape index (κ3) is 2.42. The standard InChI is InChI=1S/C16H25FN2O/c1-5-20-14-10-16(18,15(14,2)3)11-19(4)13-9-7-6-8-12(13)17/h6-9,14H,5,10-11,18H2,1-4H3. The first-order valence-corrected chi connectivity index (χ1v) is 7.18. The van der Waals surface area contributed by atoms with Crippen molar-refractivity contribution >= 4 is 5.69 Å². The molecule has 1 saturated carbocycles. The molecule has 0 saturated heterocycles. The van der Waals surface area contributed by atoms with Crippen LogP contribution in [0.3, 0.4) is 0 Å². The molecule has 2 rings (SSSR count). The normalized spacial score (nSPS) is 28.0. The first-order chi connectivity index (χ1) is 9.32. The number of nitrogens with two attached hydrogens (primary N) is 1. The Hall–Kier alpha value is -1.13. The lowest BCUT2D eigenvalue weighted by Crippen LogP contribution is -2.73.